The molecule has 1 amide bonds. The molecular formula is C25H35NO5. The molecule has 31 heavy (non-hydrogen) atoms. The third-order valence-electron chi connectivity index (χ3n) is 6.62. The molecule has 2 N–H and O–H groups in total. The van der Waals surface area contributed by atoms with E-state index in [0.29, 0.717) is 25.9 Å². The van der Waals surface area contributed by atoms with Crippen molar-refractivity contribution in [2.24, 2.45) is 5.41 Å². The van der Waals surface area contributed by atoms with Crippen LogP contribution in [0.3, 0.4) is 0 Å². The van der Waals surface area contributed by atoms with Crippen LogP contribution in [-0.2, 0) is 27.4 Å². The number of likely N-dealkylation sites (tertiary alicyclic amines) is 1. The molecule has 0 aromatic heterocycles. The SMILES string of the molecule is COCc1cccc(C[C@H](O)/C=C/[C@H]2CCC(=O)N2CCC2(CCCC(=O)O)CC2)c1. The van der Waals surface area contributed by atoms with Gasteiger partial charge in [0.1, 0.15) is 0 Å². The highest BCUT2D eigenvalue weighted by molar-refractivity contribution is 5.79. The second kappa shape index (κ2) is 10.9. The van der Waals surface area contributed by atoms with Gasteiger partial charge in [-0.15, -0.1) is 0 Å². The van der Waals surface area contributed by atoms with Crippen LogP contribution in [-0.4, -0.2) is 52.8 Å². The molecule has 0 bridgehead atoms. The molecule has 1 aromatic rings. The fourth-order valence-corrected chi connectivity index (χ4v) is 4.60. The van der Waals surface area contributed by atoms with E-state index in [1.165, 1.54) is 0 Å². The molecule has 1 heterocycles. The summed E-state index contributed by atoms with van der Waals surface area (Å²) in [6.45, 7) is 1.27. The molecule has 2 atom stereocenters. The summed E-state index contributed by atoms with van der Waals surface area (Å²) in [7, 11) is 1.67. The van der Waals surface area contributed by atoms with Gasteiger partial charge in [-0.2, -0.15) is 0 Å². The molecule has 2 aliphatic rings. The molecule has 3 rings (SSSR count). The molecule has 170 valence electrons. The summed E-state index contributed by atoms with van der Waals surface area (Å²) in [6.07, 6.45) is 10.2. The maximum atomic E-state index is 12.4. The van der Waals surface area contributed by atoms with Crippen LogP contribution in [0.15, 0.2) is 36.4 Å². The van der Waals surface area contributed by atoms with E-state index in [9.17, 15) is 14.7 Å². The number of aliphatic hydroxyl groups is 1. The standard InChI is InChI=1S/C25H35NO5/c1-31-18-20-5-2-4-19(16-20)17-22(27)9-7-21-8-10-23(28)26(21)15-14-25(12-13-25)11-3-6-24(29)30/h2,4-5,7,9,16,21-22,27H,3,6,8,10-15,17-18H2,1H3,(H,29,30)/b9-7+/t21-,22+/m0/s1. The largest absolute Gasteiger partial charge is 0.481 e. The van der Waals surface area contributed by atoms with E-state index in [4.69, 9.17) is 9.84 Å². The first-order valence-electron chi connectivity index (χ1n) is 11.4. The van der Waals surface area contributed by atoms with Crippen molar-refractivity contribution < 1.29 is 24.5 Å². The molecule has 2 fully saturated rings. The molecule has 0 unspecified atom stereocenters. The van der Waals surface area contributed by atoms with E-state index in [0.717, 1.165) is 49.8 Å². The van der Waals surface area contributed by atoms with Crippen LogP contribution >= 0.6 is 0 Å². The highest BCUT2D eigenvalue weighted by Gasteiger charge is 2.42. The Bertz CT molecular complexity index is 786. The molecule has 1 aliphatic carbocycles. The van der Waals surface area contributed by atoms with Gasteiger partial charge in [-0.3, -0.25) is 9.59 Å². The molecule has 0 spiro atoms. The summed E-state index contributed by atoms with van der Waals surface area (Å²) in [5, 5.41) is 19.3. The second-order valence-corrected chi connectivity index (χ2v) is 9.10. The number of carbonyl (C=O) groups excluding carboxylic acids is 1. The Morgan fingerprint density at radius 2 is 2.10 bits per heavy atom. The first-order chi connectivity index (χ1) is 14.9. The number of rotatable bonds is 13. The summed E-state index contributed by atoms with van der Waals surface area (Å²) < 4.78 is 5.17. The van der Waals surface area contributed by atoms with Gasteiger partial charge in [-0.25, -0.2) is 0 Å². The minimum Gasteiger partial charge on any atom is -0.481 e. The molecule has 0 radical (unpaired) electrons. The number of amides is 1. The zero-order valence-electron chi connectivity index (χ0n) is 18.5. The summed E-state index contributed by atoms with van der Waals surface area (Å²) in [4.78, 5) is 25.1. The third-order valence-corrected chi connectivity index (χ3v) is 6.62. The summed E-state index contributed by atoms with van der Waals surface area (Å²) in [5.74, 6) is -0.558. The van der Waals surface area contributed by atoms with Crippen LogP contribution < -0.4 is 0 Å². The lowest BCUT2D eigenvalue weighted by Crippen LogP contribution is -2.34. The monoisotopic (exact) mass is 429 g/mol. The smallest absolute Gasteiger partial charge is 0.303 e. The van der Waals surface area contributed by atoms with Gasteiger partial charge in [0.05, 0.1) is 18.8 Å². The van der Waals surface area contributed by atoms with E-state index < -0.39 is 12.1 Å². The molecule has 1 saturated carbocycles. The van der Waals surface area contributed by atoms with Gasteiger partial charge in [0, 0.05) is 32.9 Å². The number of methoxy groups -OCH3 is 1. The lowest BCUT2D eigenvalue weighted by molar-refractivity contribution is -0.137. The topological polar surface area (TPSA) is 87.1 Å². The highest BCUT2D eigenvalue weighted by atomic mass is 16.5. The zero-order valence-corrected chi connectivity index (χ0v) is 18.5. The number of aliphatic carboxylic acids is 1. The molecule has 1 aromatic carbocycles. The van der Waals surface area contributed by atoms with Crippen LogP contribution in [0.1, 0.15) is 62.5 Å². The number of ether oxygens (including phenoxy) is 1. The quantitative estimate of drug-likeness (QED) is 0.467. The molecule has 6 nitrogen and oxygen atoms in total. The van der Waals surface area contributed by atoms with Crippen molar-refractivity contribution in [2.45, 2.75) is 76.5 Å². The number of aliphatic hydroxyl groups excluding tert-OH is 1. The fraction of sp³-hybridized carbons (Fsp3) is 0.600. The van der Waals surface area contributed by atoms with Crippen molar-refractivity contribution >= 4 is 11.9 Å². The average molecular weight is 430 g/mol. The number of hydrogen-bond acceptors (Lipinski definition) is 4. The van der Waals surface area contributed by atoms with Crippen molar-refractivity contribution in [3.8, 4) is 0 Å². The van der Waals surface area contributed by atoms with E-state index in [2.05, 4.69) is 0 Å². The highest BCUT2D eigenvalue weighted by Crippen LogP contribution is 2.53. The Balaban J connectivity index is 1.49. The minimum atomic E-state index is -0.736. The summed E-state index contributed by atoms with van der Waals surface area (Å²) in [6, 6.07) is 8.07. The van der Waals surface area contributed by atoms with Crippen molar-refractivity contribution in [1.82, 2.24) is 4.90 Å². The fourth-order valence-electron chi connectivity index (χ4n) is 4.60. The van der Waals surface area contributed by atoms with Gasteiger partial charge in [-0.05, 0) is 55.1 Å². The first kappa shape index (κ1) is 23.5. The molecular weight excluding hydrogens is 394 g/mol. The number of carbonyl (C=O) groups is 2. The van der Waals surface area contributed by atoms with Crippen molar-refractivity contribution in [2.75, 3.05) is 13.7 Å². The van der Waals surface area contributed by atoms with E-state index in [-0.39, 0.29) is 23.8 Å². The molecule has 1 aliphatic heterocycles. The van der Waals surface area contributed by atoms with Crippen LogP contribution in [0.5, 0.6) is 0 Å². The molecule has 6 heteroatoms. The lowest BCUT2D eigenvalue weighted by atomic mass is 9.94. The maximum Gasteiger partial charge on any atom is 0.303 e. The van der Waals surface area contributed by atoms with Gasteiger partial charge >= 0.3 is 5.97 Å². The van der Waals surface area contributed by atoms with Gasteiger partial charge < -0.3 is 19.8 Å². The third kappa shape index (κ3) is 7.18. The van der Waals surface area contributed by atoms with Crippen LogP contribution in [0.2, 0.25) is 0 Å². The average Bonchev–Trinajstić information content (AvgIpc) is 3.40. The Kier molecular flexibility index (Phi) is 8.27. The van der Waals surface area contributed by atoms with E-state index in [1.807, 2.05) is 41.3 Å². The van der Waals surface area contributed by atoms with E-state index in [1.54, 1.807) is 7.11 Å². The maximum absolute atomic E-state index is 12.4. The number of nitrogens with zero attached hydrogens (tertiary/aromatic N) is 1. The Morgan fingerprint density at radius 3 is 2.81 bits per heavy atom. The van der Waals surface area contributed by atoms with Crippen molar-refractivity contribution in [3.63, 3.8) is 0 Å². The molecule has 1 saturated heterocycles. The first-order valence-corrected chi connectivity index (χ1v) is 11.4. The van der Waals surface area contributed by atoms with E-state index >= 15 is 0 Å². The van der Waals surface area contributed by atoms with Gasteiger partial charge in [0.2, 0.25) is 5.91 Å². The normalized spacial score (nSPS) is 21.0. The minimum absolute atomic E-state index is 0.0387. The summed E-state index contributed by atoms with van der Waals surface area (Å²) >= 11 is 0. The van der Waals surface area contributed by atoms with Gasteiger partial charge in [0.15, 0.2) is 0 Å². The predicted octanol–water partition coefficient (Wildman–Crippen LogP) is 3.71. The number of hydrogen-bond donors (Lipinski definition) is 2. The van der Waals surface area contributed by atoms with Crippen LogP contribution in [0.25, 0.3) is 0 Å². The Morgan fingerprint density at radius 1 is 1.32 bits per heavy atom. The van der Waals surface area contributed by atoms with Crippen LogP contribution in [0.4, 0.5) is 0 Å². The van der Waals surface area contributed by atoms with Crippen molar-refractivity contribution in [3.05, 3.63) is 47.5 Å². The second-order valence-electron chi connectivity index (χ2n) is 9.10. The predicted molar refractivity (Wildman–Crippen MR) is 119 cm³/mol. The number of benzene rings is 1. The van der Waals surface area contributed by atoms with Crippen LogP contribution in [0, 0.1) is 5.41 Å². The lowest BCUT2D eigenvalue weighted by Gasteiger charge is -2.25. The number of carboxylic acid groups (broad SMARTS) is 1. The Labute approximate surface area is 184 Å². The van der Waals surface area contributed by atoms with Gasteiger partial charge in [-0.1, -0.05) is 36.4 Å². The Hall–Kier alpha value is -2.18. The zero-order chi connectivity index (χ0) is 22.3. The van der Waals surface area contributed by atoms with Crippen molar-refractivity contribution in [1.29, 1.82) is 0 Å². The van der Waals surface area contributed by atoms with Gasteiger partial charge in [0.25, 0.3) is 0 Å². The summed E-state index contributed by atoms with van der Waals surface area (Å²) in [5.41, 5.74) is 2.38. The number of carboxylic acids is 1.